The number of hydrogen-bond donors (Lipinski definition) is 3. The highest BCUT2D eigenvalue weighted by Crippen LogP contribution is 2.31. The second-order valence-corrected chi connectivity index (χ2v) is 10.6. The smallest absolute Gasteiger partial charge is 0.233 e. The molecule has 1 amide bonds. The van der Waals surface area contributed by atoms with E-state index < -0.39 is 15.9 Å². The third-order valence-corrected chi connectivity index (χ3v) is 6.33. The molecule has 0 aliphatic heterocycles. The van der Waals surface area contributed by atoms with Crippen molar-refractivity contribution in [3.05, 3.63) is 114 Å². The molecule has 0 aromatic heterocycles. The minimum Gasteiger partial charge on any atom is -0.339 e. The zero-order valence-electron chi connectivity index (χ0n) is 18.4. The zero-order chi connectivity index (χ0) is 24.8. The maximum Gasteiger partial charge on any atom is 0.233 e. The first-order valence-corrected chi connectivity index (χ1v) is 12.4. The summed E-state index contributed by atoms with van der Waals surface area (Å²) < 4.78 is -1.88. The Bertz CT molecular complexity index is 1270. The highest BCUT2D eigenvalue weighted by Gasteiger charge is 2.36. The van der Waals surface area contributed by atoms with Crippen LogP contribution < -0.4 is 16.0 Å². The molecule has 0 spiro atoms. The van der Waals surface area contributed by atoms with Gasteiger partial charge >= 0.3 is 0 Å². The Morgan fingerprint density at radius 1 is 0.714 bits per heavy atom. The second kappa shape index (κ2) is 11.3. The lowest BCUT2D eigenvalue weighted by Gasteiger charge is -2.30. The summed E-state index contributed by atoms with van der Waals surface area (Å²) in [4.78, 5) is 13.5. The summed E-state index contributed by atoms with van der Waals surface area (Å²) in [5.41, 5.74) is 2.42. The average molecular weight is 543 g/mol. The van der Waals surface area contributed by atoms with E-state index in [0.29, 0.717) is 0 Å². The molecule has 1 unspecified atom stereocenters. The molecule has 0 saturated carbocycles. The molecule has 35 heavy (non-hydrogen) atoms. The summed E-state index contributed by atoms with van der Waals surface area (Å²) >= 11 is 24.2. The average Bonchev–Trinajstić information content (AvgIpc) is 2.85. The largest absolute Gasteiger partial charge is 0.339 e. The maximum atomic E-state index is 13.5. The molecule has 0 radical (unpaired) electrons. The molecule has 0 bridgehead atoms. The summed E-state index contributed by atoms with van der Waals surface area (Å²) in [7, 11) is 0. The monoisotopic (exact) mass is 541 g/mol. The molecule has 0 saturated heterocycles. The first kappa shape index (κ1) is 25.3. The first-order valence-electron chi connectivity index (χ1n) is 10.8. The van der Waals surface area contributed by atoms with E-state index in [0.717, 1.165) is 27.6 Å². The van der Waals surface area contributed by atoms with Crippen molar-refractivity contribution < 1.29 is 4.79 Å². The van der Waals surface area contributed by atoms with Gasteiger partial charge in [-0.15, -0.1) is 0 Å². The number of hydrogen-bond acceptors (Lipinski definition) is 2. The van der Waals surface area contributed by atoms with Crippen molar-refractivity contribution in [2.45, 2.75) is 15.9 Å². The predicted molar refractivity (Wildman–Crippen MR) is 150 cm³/mol. The van der Waals surface area contributed by atoms with Gasteiger partial charge < -0.3 is 16.0 Å². The van der Waals surface area contributed by atoms with E-state index in [1.165, 1.54) is 0 Å². The highest BCUT2D eigenvalue weighted by atomic mass is 35.6. The molecular formula is C27H22Cl3N3OS. The molecule has 4 rings (SSSR count). The molecule has 0 fully saturated rings. The van der Waals surface area contributed by atoms with E-state index in [9.17, 15) is 4.79 Å². The van der Waals surface area contributed by atoms with Crippen LogP contribution in [0.15, 0.2) is 103 Å². The number of carbonyl (C=O) groups is 1. The molecule has 4 aromatic rings. The fourth-order valence-electron chi connectivity index (χ4n) is 3.84. The van der Waals surface area contributed by atoms with Crippen LogP contribution in [0.1, 0.15) is 17.0 Å². The topological polar surface area (TPSA) is 53.2 Å². The number of thiocarbonyl (C=S) groups is 1. The van der Waals surface area contributed by atoms with E-state index >= 15 is 0 Å². The molecule has 3 N–H and O–H groups in total. The summed E-state index contributed by atoms with van der Waals surface area (Å²) in [6.45, 7) is 0. The van der Waals surface area contributed by atoms with Crippen LogP contribution in [0.4, 0.5) is 5.69 Å². The van der Waals surface area contributed by atoms with Crippen molar-refractivity contribution in [2.24, 2.45) is 0 Å². The maximum absolute atomic E-state index is 13.5. The van der Waals surface area contributed by atoms with E-state index in [4.69, 9.17) is 47.0 Å². The van der Waals surface area contributed by atoms with Crippen molar-refractivity contribution >= 4 is 74.5 Å². The van der Waals surface area contributed by atoms with Gasteiger partial charge in [0, 0.05) is 11.1 Å². The van der Waals surface area contributed by atoms with Crippen LogP contribution >= 0.6 is 47.0 Å². The quantitative estimate of drug-likeness (QED) is 0.143. The predicted octanol–water partition coefficient (Wildman–Crippen LogP) is 6.77. The van der Waals surface area contributed by atoms with Crippen molar-refractivity contribution in [3.63, 3.8) is 0 Å². The van der Waals surface area contributed by atoms with Gasteiger partial charge in [0.1, 0.15) is 6.17 Å². The molecule has 178 valence electrons. The van der Waals surface area contributed by atoms with Gasteiger partial charge in [0.25, 0.3) is 0 Å². The molecule has 0 aliphatic carbocycles. The van der Waals surface area contributed by atoms with Gasteiger partial charge in [-0.3, -0.25) is 4.79 Å². The number of carbonyl (C=O) groups excluding carboxylic acids is 1. The van der Waals surface area contributed by atoms with Crippen LogP contribution in [-0.2, 0) is 4.79 Å². The van der Waals surface area contributed by atoms with Gasteiger partial charge in [0.15, 0.2) is 5.11 Å². The van der Waals surface area contributed by atoms with Crippen molar-refractivity contribution in [1.29, 1.82) is 0 Å². The second-order valence-electron chi connectivity index (χ2n) is 7.86. The van der Waals surface area contributed by atoms with Gasteiger partial charge in [-0.25, -0.2) is 0 Å². The Balaban J connectivity index is 1.55. The van der Waals surface area contributed by atoms with Crippen LogP contribution in [0.25, 0.3) is 10.8 Å². The Morgan fingerprint density at radius 3 is 1.86 bits per heavy atom. The highest BCUT2D eigenvalue weighted by molar-refractivity contribution is 7.80. The molecule has 4 aromatic carbocycles. The van der Waals surface area contributed by atoms with Crippen molar-refractivity contribution in [3.8, 4) is 0 Å². The van der Waals surface area contributed by atoms with Crippen LogP contribution in [-0.4, -0.2) is 21.0 Å². The summed E-state index contributed by atoms with van der Waals surface area (Å²) in [6, 6.07) is 32.6. The number of alkyl halides is 3. The molecule has 1 atom stereocenters. The normalized spacial score (nSPS) is 12.2. The van der Waals surface area contributed by atoms with Crippen molar-refractivity contribution in [2.75, 3.05) is 5.32 Å². The van der Waals surface area contributed by atoms with Crippen LogP contribution in [0.3, 0.4) is 0 Å². The fraction of sp³-hybridized carbons (Fsp3) is 0.111. The van der Waals surface area contributed by atoms with Crippen molar-refractivity contribution in [1.82, 2.24) is 10.6 Å². The zero-order valence-corrected chi connectivity index (χ0v) is 21.5. The molecular weight excluding hydrogens is 521 g/mol. The SMILES string of the molecule is O=C(NC(NC(=S)Nc1cccc2ccccc12)C(Cl)(Cl)Cl)C(c1ccccc1)c1ccccc1. The Morgan fingerprint density at radius 2 is 1.26 bits per heavy atom. The van der Waals surface area contributed by atoms with Gasteiger partial charge in [-0.1, -0.05) is 132 Å². The lowest BCUT2D eigenvalue weighted by molar-refractivity contribution is -0.122. The van der Waals surface area contributed by atoms with Crippen LogP contribution in [0.5, 0.6) is 0 Å². The first-order chi connectivity index (χ1) is 16.8. The minimum absolute atomic E-state index is 0.203. The van der Waals surface area contributed by atoms with E-state index in [2.05, 4.69) is 16.0 Å². The van der Waals surface area contributed by atoms with Gasteiger partial charge in [0.05, 0.1) is 5.92 Å². The van der Waals surface area contributed by atoms with Crippen LogP contribution in [0.2, 0.25) is 0 Å². The van der Waals surface area contributed by atoms with E-state index in [-0.39, 0.29) is 11.0 Å². The number of anilines is 1. The van der Waals surface area contributed by atoms with Gasteiger partial charge in [-0.05, 0) is 34.8 Å². The minimum atomic E-state index is -1.88. The number of amides is 1. The third-order valence-electron chi connectivity index (χ3n) is 5.46. The number of benzene rings is 4. The number of nitrogens with one attached hydrogen (secondary N) is 3. The molecule has 0 aliphatic rings. The molecule has 0 heterocycles. The standard InChI is InChI=1S/C27H22Cl3N3OS/c28-27(29,30)25(33-26(35)31-22-17-9-15-18-10-7-8-16-21(18)22)32-24(34)23(19-11-3-1-4-12-19)20-13-5-2-6-14-20/h1-17,23,25H,(H,32,34)(H2,31,33,35). The van der Waals surface area contributed by atoms with Crippen LogP contribution in [0, 0.1) is 0 Å². The van der Waals surface area contributed by atoms with E-state index in [1.807, 2.05) is 103 Å². The number of rotatable bonds is 6. The lowest BCUT2D eigenvalue weighted by Crippen LogP contribution is -2.57. The summed E-state index contributed by atoms with van der Waals surface area (Å²) in [6.07, 6.45) is -1.09. The Hall–Kier alpha value is -2.83. The lowest BCUT2D eigenvalue weighted by atomic mass is 9.90. The summed E-state index contributed by atoms with van der Waals surface area (Å²) in [5.74, 6) is -0.937. The fourth-order valence-corrected chi connectivity index (χ4v) is 4.39. The Kier molecular flexibility index (Phi) is 8.14. The third kappa shape index (κ3) is 6.44. The number of fused-ring (bicyclic) bond motifs is 1. The molecule has 8 heteroatoms. The Labute approximate surface area is 224 Å². The molecule has 4 nitrogen and oxygen atoms in total. The van der Waals surface area contributed by atoms with Gasteiger partial charge in [-0.2, -0.15) is 0 Å². The number of halogens is 3. The van der Waals surface area contributed by atoms with Gasteiger partial charge in [0.2, 0.25) is 9.70 Å². The summed E-state index contributed by atoms with van der Waals surface area (Å²) in [5, 5.41) is 11.2. The van der Waals surface area contributed by atoms with E-state index in [1.54, 1.807) is 0 Å².